The van der Waals surface area contributed by atoms with Gasteiger partial charge in [0.05, 0.1) is 6.33 Å². The van der Waals surface area contributed by atoms with E-state index in [1.165, 1.54) is 0 Å². The van der Waals surface area contributed by atoms with Crippen LogP contribution in [0.3, 0.4) is 0 Å². The van der Waals surface area contributed by atoms with Gasteiger partial charge in [-0.15, -0.1) is 0 Å². The summed E-state index contributed by atoms with van der Waals surface area (Å²) >= 11 is 0. The number of rotatable bonds is 3. The quantitative estimate of drug-likeness (QED) is 0.609. The molecule has 2 aromatic carbocycles. The first-order valence-electron chi connectivity index (χ1n) is 7.87. The number of benzene rings is 2. The fraction of sp³-hybridized carbons (Fsp3) is 0.158. The summed E-state index contributed by atoms with van der Waals surface area (Å²) in [7, 11) is 0. The topological polar surface area (TPSA) is 70.9 Å². The van der Waals surface area contributed by atoms with Crippen molar-refractivity contribution in [2.75, 3.05) is 0 Å². The Kier molecular flexibility index (Phi) is 3.34. The standard InChI is InChI=1S/C19H17N3O2/c1-12-2-7-16-15(10-12)17-18(21-16)19(24)22(11-20-17)9-8-13-3-5-14(23)6-4-13/h2-7,10-11,21,23H,8-9H2,1H3. The van der Waals surface area contributed by atoms with Crippen LogP contribution in [-0.2, 0) is 13.0 Å². The number of hydrogen-bond donors (Lipinski definition) is 2. The summed E-state index contributed by atoms with van der Waals surface area (Å²) in [6.45, 7) is 2.57. The molecule has 5 nitrogen and oxygen atoms in total. The number of H-pyrrole nitrogens is 1. The number of fused-ring (bicyclic) bond motifs is 3. The van der Waals surface area contributed by atoms with E-state index < -0.39 is 0 Å². The van der Waals surface area contributed by atoms with Gasteiger partial charge in [0, 0.05) is 17.4 Å². The zero-order chi connectivity index (χ0) is 16.7. The van der Waals surface area contributed by atoms with Crippen LogP contribution in [0.1, 0.15) is 11.1 Å². The van der Waals surface area contributed by atoms with Crippen molar-refractivity contribution >= 4 is 21.9 Å². The maximum atomic E-state index is 12.7. The largest absolute Gasteiger partial charge is 0.508 e. The monoisotopic (exact) mass is 319 g/mol. The van der Waals surface area contributed by atoms with Gasteiger partial charge in [-0.2, -0.15) is 0 Å². The van der Waals surface area contributed by atoms with Gasteiger partial charge in [-0.05, 0) is 43.2 Å². The zero-order valence-electron chi connectivity index (χ0n) is 13.3. The molecule has 0 unspecified atom stereocenters. The molecule has 0 spiro atoms. The smallest absolute Gasteiger partial charge is 0.277 e. The zero-order valence-corrected chi connectivity index (χ0v) is 13.3. The predicted molar refractivity (Wildman–Crippen MR) is 94.4 cm³/mol. The second-order valence-corrected chi connectivity index (χ2v) is 6.06. The van der Waals surface area contributed by atoms with E-state index >= 15 is 0 Å². The van der Waals surface area contributed by atoms with E-state index in [0.29, 0.717) is 18.5 Å². The minimum Gasteiger partial charge on any atom is -0.508 e. The molecule has 2 heterocycles. The molecular weight excluding hydrogens is 302 g/mol. The van der Waals surface area contributed by atoms with Gasteiger partial charge < -0.3 is 10.1 Å². The fourth-order valence-corrected chi connectivity index (χ4v) is 2.98. The molecule has 2 N–H and O–H groups in total. The lowest BCUT2D eigenvalue weighted by atomic mass is 10.1. The maximum Gasteiger partial charge on any atom is 0.277 e. The molecule has 0 amide bonds. The summed E-state index contributed by atoms with van der Waals surface area (Å²) in [5, 5.41) is 10.3. The normalized spacial score (nSPS) is 11.4. The van der Waals surface area contributed by atoms with Crippen molar-refractivity contribution in [1.82, 2.24) is 14.5 Å². The number of aromatic amines is 1. The molecule has 4 rings (SSSR count). The van der Waals surface area contributed by atoms with Gasteiger partial charge in [0.25, 0.3) is 5.56 Å². The third-order valence-corrected chi connectivity index (χ3v) is 4.31. The Labute approximate surface area is 138 Å². The Balaban J connectivity index is 1.71. The molecule has 4 aromatic rings. The number of aromatic nitrogens is 3. The minimum atomic E-state index is -0.0624. The van der Waals surface area contributed by atoms with Gasteiger partial charge in [0.15, 0.2) is 0 Å². The van der Waals surface area contributed by atoms with Gasteiger partial charge in [0.2, 0.25) is 0 Å². The Hall–Kier alpha value is -3.08. The fourth-order valence-electron chi connectivity index (χ4n) is 2.98. The molecule has 5 heteroatoms. The van der Waals surface area contributed by atoms with Crippen LogP contribution in [0.5, 0.6) is 5.75 Å². The predicted octanol–water partition coefficient (Wildman–Crippen LogP) is 3.13. The van der Waals surface area contributed by atoms with Crippen LogP contribution in [-0.4, -0.2) is 19.6 Å². The van der Waals surface area contributed by atoms with Crippen LogP contribution in [0.4, 0.5) is 0 Å². The summed E-state index contributed by atoms with van der Waals surface area (Å²) in [4.78, 5) is 20.4. The summed E-state index contributed by atoms with van der Waals surface area (Å²) in [6.07, 6.45) is 2.31. The maximum absolute atomic E-state index is 12.7. The first-order valence-corrected chi connectivity index (χ1v) is 7.87. The van der Waals surface area contributed by atoms with Crippen LogP contribution in [0.25, 0.3) is 21.9 Å². The molecule has 2 aromatic heterocycles. The molecule has 0 saturated heterocycles. The Morgan fingerprint density at radius 1 is 1.17 bits per heavy atom. The molecule has 0 atom stereocenters. The molecule has 0 radical (unpaired) electrons. The number of nitrogens with zero attached hydrogens (tertiary/aromatic N) is 2. The molecule has 0 aliphatic carbocycles. The number of aromatic hydroxyl groups is 1. The van der Waals surface area contributed by atoms with Gasteiger partial charge in [0.1, 0.15) is 16.8 Å². The molecule has 0 saturated carbocycles. The molecular formula is C19H17N3O2. The van der Waals surface area contributed by atoms with Crippen molar-refractivity contribution in [1.29, 1.82) is 0 Å². The lowest BCUT2D eigenvalue weighted by molar-refractivity contribution is 0.475. The van der Waals surface area contributed by atoms with Crippen molar-refractivity contribution in [2.24, 2.45) is 0 Å². The van der Waals surface area contributed by atoms with Crippen molar-refractivity contribution in [3.8, 4) is 5.75 Å². The lowest BCUT2D eigenvalue weighted by Crippen LogP contribution is -2.21. The van der Waals surface area contributed by atoms with Crippen molar-refractivity contribution in [3.05, 3.63) is 70.3 Å². The minimum absolute atomic E-state index is 0.0624. The molecule has 0 bridgehead atoms. The van der Waals surface area contributed by atoms with Gasteiger partial charge in [-0.3, -0.25) is 9.36 Å². The second-order valence-electron chi connectivity index (χ2n) is 6.06. The average molecular weight is 319 g/mol. The first kappa shape index (κ1) is 14.5. The molecule has 0 fully saturated rings. The number of phenolic OH excluding ortho intramolecular Hbond substituents is 1. The highest BCUT2D eigenvalue weighted by atomic mass is 16.3. The van der Waals surface area contributed by atoms with E-state index in [4.69, 9.17) is 0 Å². The van der Waals surface area contributed by atoms with E-state index in [0.717, 1.165) is 27.5 Å². The van der Waals surface area contributed by atoms with Crippen LogP contribution in [0.2, 0.25) is 0 Å². The highest BCUT2D eigenvalue weighted by Gasteiger charge is 2.11. The Morgan fingerprint density at radius 3 is 2.75 bits per heavy atom. The summed E-state index contributed by atoms with van der Waals surface area (Å²) < 4.78 is 1.62. The number of aryl methyl sites for hydroxylation is 3. The van der Waals surface area contributed by atoms with E-state index in [1.54, 1.807) is 23.0 Å². The van der Waals surface area contributed by atoms with Crippen molar-refractivity contribution in [2.45, 2.75) is 19.9 Å². The SMILES string of the molecule is Cc1ccc2[nH]c3c(=O)n(CCc4ccc(O)cc4)cnc3c2c1. The molecule has 24 heavy (non-hydrogen) atoms. The van der Waals surface area contributed by atoms with Gasteiger partial charge >= 0.3 is 0 Å². The highest BCUT2D eigenvalue weighted by Crippen LogP contribution is 2.22. The average Bonchev–Trinajstić information content (AvgIpc) is 2.95. The van der Waals surface area contributed by atoms with Crippen LogP contribution >= 0.6 is 0 Å². The third-order valence-electron chi connectivity index (χ3n) is 4.31. The van der Waals surface area contributed by atoms with Gasteiger partial charge in [-0.1, -0.05) is 23.8 Å². The number of hydrogen-bond acceptors (Lipinski definition) is 3. The number of phenols is 1. The summed E-state index contributed by atoms with van der Waals surface area (Å²) in [6, 6.07) is 13.1. The Morgan fingerprint density at radius 2 is 1.96 bits per heavy atom. The Bertz CT molecular complexity index is 1090. The van der Waals surface area contributed by atoms with Crippen LogP contribution < -0.4 is 5.56 Å². The van der Waals surface area contributed by atoms with E-state index in [1.807, 2.05) is 37.3 Å². The number of nitrogens with one attached hydrogen (secondary N) is 1. The van der Waals surface area contributed by atoms with E-state index in [2.05, 4.69) is 9.97 Å². The highest BCUT2D eigenvalue weighted by molar-refractivity contribution is 6.04. The molecule has 120 valence electrons. The molecule has 0 aliphatic rings. The summed E-state index contributed by atoms with van der Waals surface area (Å²) in [5.41, 5.74) is 4.33. The van der Waals surface area contributed by atoms with E-state index in [9.17, 15) is 9.90 Å². The van der Waals surface area contributed by atoms with E-state index in [-0.39, 0.29) is 11.3 Å². The second kappa shape index (κ2) is 5.53. The van der Waals surface area contributed by atoms with Crippen molar-refractivity contribution < 1.29 is 5.11 Å². The lowest BCUT2D eigenvalue weighted by Gasteiger charge is -2.05. The summed E-state index contributed by atoms with van der Waals surface area (Å²) in [5.74, 6) is 0.243. The third kappa shape index (κ3) is 2.44. The molecule has 0 aliphatic heterocycles. The van der Waals surface area contributed by atoms with Crippen LogP contribution in [0, 0.1) is 6.92 Å². The van der Waals surface area contributed by atoms with Crippen LogP contribution in [0.15, 0.2) is 53.6 Å². The first-order chi connectivity index (χ1) is 11.6. The van der Waals surface area contributed by atoms with Gasteiger partial charge in [-0.25, -0.2) is 4.98 Å². The van der Waals surface area contributed by atoms with Crippen molar-refractivity contribution in [3.63, 3.8) is 0 Å².